The Bertz CT molecular complexity index is 309. The lowest BCUT2D eigenvalue weighted by atomic mass is 10.1. The van der Waals surface area contributed by atoms with Gasteiger partial charge in [-0.2, -0.15) is 12.6 Å². The molecule has 2 atom stereocenters. The molecule has 0 aromatic rings. The minimum Gasteiger partial charge on any atom is -0.464 e. The van der Waals surface area contributed by atoms with E-state index in [1.165, 1.54) is 0 Å². The van der Waals surface area contributed by atoms with Crippen molar-refractivity contribution >= 4 is 24.5 Å². The molecule has 0 aliphatic carbocycles. The molecular formula is C14H25NO3S. The Morgan fingerprint density at radius 1 is 1.42 bits per heavy atom. The third-order valence-electron chi connectivity index (χ3n) is 3.50. The van der Waals surface area contributed by atoms with Gasteiger partial charge in [0.2, 0.25) is 5.91 Å². The lowest BCUT2D eigenvalue weighted by molar-refractivity contribution is -0.154. The van der Waals surface area contributed by atoms with Crippen LogP contribution in [0.4, 0.5) is 0 Å². The molecule has 4 nitrogen and oxygen atoms in total. The fraction of sp³-hybridized carbons (Fsp3) is 0.857. The molecule has 5 heteroatoms. The van der Waals surface area contributed by atoms with Gasteiger partial charge in [0.1, 0.15) is 6.04 Å². The van der Waals surface area contributed by atoms with Crippen molar-refractivity contribution in [2.24, 2.45) is 5.92 Å². The van der Waals surface area contributed by atoms with Gasteiger partial charge in [0, 0.05) is 18.2 Å². The maximum Gasteiger partial charge on any atom is 0.328 e. The van der Waals surface area contributed by atoms with Crippen LogP contribution in [0.15, 0.2) is 0 Å². The SMILES string of the molecule is CCCCCOC(=O)[C@@H]1CCCN1C(=O)[C@H](C)CS. The number of nitrogens with zero attached hydrogens (tertiary/aromatic N) is 1. The Kier molecular flexibility index (Phi) is 7.28. The highest BCUT2D eigenvalue weighted by molar-refractivity contribution is 7.80. The van der Waals surface area contributed by atoms with Crippen molar-refractivity contribution in [3.05, 3.63) is 0 Å². The van der Waals surface area contributed by atoms with E-state index in [1.807, 2.05) is 6.92 Å². The van der Waals surface area contributed by atoms with Gasteiger partial charge in [0.15, 0.2) is 0 Å². The second kappa shape index (κ2) is 8.46. The molecule has 19 heavy (non-hydrogen) atoms. The molecule has 0 aromatic heterocycles. The van der Waals surface area contributed by atoms with E-state index in [1.54, 1.807) is 4.90 Å². The van der Waals surface area contributed by atoms with Crippen LogP contribution in [-0.4, -0.2) is 41.7 Å². The van der Waals surface area contributed by atoms with Gasteiger partial charge in [-0.3, -0.25) is 4.79 Å². The Hall–Kier alpha value is -0.710. The molecule has 1 aliphatic rings. The van der Waals surface area contributed by atoms with Gasteiger partial charge < -0.3 is 9.64 Å². The number of esters is 1. The molecule has 1 saturated heterocycles. The van der Waals surface area contributed by atoms with Gasteiger partial charge in [0.05, 0.1) is 6.61 Å². The van der Waals surface area contributed by atoms with E-state index in [2.05, 4.69) is 19.6 Å². The Balaban J connectivity index is 2.46. The summed E-state index contributed by atoms with van der Waals surface area (Å²) in [6.07, 6.45) is 4.66. The van der Waals surface area contributed by atoms with Gasteiger partial charge in [-0.15, -0.1) is 0 Å². The lowest BCUT2D eigenvalue weighted by Gasteiger charge is -2.25. The molecular weight excluding hydrogens is 262 g/mol. The van der Waals surface area contributed by atoms with Crippen LogP contribution in [0.25, 0.3) is 0 Å². The van der Waals surface area contributed by atoms with Crippen LogP contribution in [0.5, 0.6) is 0 Å². The molecule has 0 aromatic carbocycles. The second-order valence-electron chi connectivity index (χ2n) is 5.15. The molecule has 1 fully saturated rings. The highest BCUT2D eigenvalue weighted by Crippen LogP contribution is 2.21. The van der Waals surface area contributed by atoms with Crippen molar-refractivity contribution < 1.29 is 14.3 Å². The number of thiol groups is 1. The van der Waals surface area contributed by atoms with Gasteiger partial charge in [-0.05, 0) is 19.3 Å². The van der Waals surface area contributed by atoms with Crippen LogP contribution < -0.4 is 0 Å². The number of hydrogen-bond donors (Lipinski definition) is 1. The third kappa shape index (κ3) is 4.71. The number of rotatable bonds is 7. The summed E-state index contributed by atoms with van der Waals surface area (Å²) >= 11 is 4.14. The fourth-order valence-electron chi connectivity index (χ4n) is 2.26. The predicted molar refractivity (Wildman–Crippen MR) is 78.2 cm³/mol. The molecule has 110 valence electrons. The summed E-state index contributed by atoms with van der Waals surface area (Å²) in [7, 11) is 0. The average Bonchev–Trinajstić information content (AvgIpc) is 2.91. The number of carbonyl (C=O) groups excluding carboxylic acids is 2. The van der Waals surface area contributed by atoms with E-state index >= 15 is 0 Å². The van der Waals surface area contributed by atoms with Crippen LogP contribution in [0.1, 0.15) is 46.0 Å². The molecule has 1 rings (SSSR count). The normalized spacial score (nSPS) is 20.4. The minimum atomic E-state index is -0.378. The monoisotopic (exact) mass is 287 g/mol. The number of amides is 1. The highest BCUT2D eigenvalue weighted by Gasteiger charge is 2.36. The number of hydrogen-bond acceptors (Lipinski definition) is 4. The van der Waals surface area contributed by atoms with E-state index in [4.69, 9.17) is 4.74 Å². The van der Waals surface area contributed by atoms with Gasteiger partial charge in [0.25, 0.3) is 0 Å². The second-order valence-corrected chi connectivity index (χ2v) is 5.51. The zero-order chi connectivity index (χ0) is 14.3. The lowest BCUT2D eigenvalue weighted by Crippen LogP contribution is -2.44. The topological polar surface area (TPSA) is 46.6 Å². The van der Waals surface area contributed by atoms with E-state index < -0.39 is 0 Å². The average molecular weight is 287 g/mol. The maximum atomic E-state index is 12.1. The number of unbranched alkanes of at least 4 members (excludes halogenated alkanes) is 2. The summed E-state index contributed by atoms with van der Waals surface area (Å²) in [4.78, 5) is 25.8. The first-order valence-corrected chi connectivity index (χ1v) is 7.83. The number of ether oxygens (including phenoxy) is 1. The Morgan fingerprint density at radius 2 is 2.16 bits per heavy atom. The van der Waals surface area contributed by atoms with E-state index in [0.29, 0.717) is 18.9 Å². The van der Waals surface area contributed by atoms with Crippen molar-refractivity contribution in [2.75, 3.05) is 18.9 Å². The molecule has 0 unspecified atom stereocenters. The van der Waals surface area contributed by atoms with Gasteiger partial charge >= 0.3 is 5.97 Å². The van der Waals surface area contributed by atoms with Crippen molar-refractivity contribution in [1.29, 1.82) is 0 Å². The van der Waals surface area contributed by atoms with Crippen molar-refractivity contribution in [3.8, 4) is 0 Å². The Labute approximate surface area is 121 Å². The van der Waals surface area contributed by atoms with Crippen LogP contribution in [0.3, 0.4) is 0 Å². The molecule has 0 bridgehead atoms. The van der Waals surface area contributed by atoms with Crippen molar-refractivity contribution in [2.45, 2.75) is 52.0 Å². The summed E-state index contributed by atoms with van der Waals surface area (Å²) in [5.41, 5.74) is 0. The predicted octanol–water partition coefficient (Wildman–Crippen LogP) is 2.28. The number of likely N-dealkylation sites (tertiary alicyclic amines) is 1. The minimum absolute atomic E-state index is 0.0167. The molecule has 1 amide bonds. The first kappa shape index (κ1) is 16.3. The largest absolute Gasteiger partial charge is 0.464 e. The summed E-state index contributed by atoms with van der Waals surface area (Å²) in [6, 6.07) is -0.378. The molecule has 0 N–H and O–H groups in total. The van der Waals surface area contributed by atoms with Crippen LogP contribution in [-0.2, 0) is 14.3 Å². The van der Waals surface area contributed by atoms with Gasteiger partial charge in [-0.1, -0.05) is 26.7 Å². The van der Waals surface area contributed by atoms with E-state index in [0.717, 1.165) is 32.1 Å². The summed E-state index contributed by atoms with van der Waals surface area (Å²) < 4.78 is 5.27. The molecule has 0 spiro atoms. The van der Waals surface area contributed by atoms with E-state index in [9.17, 15) is 9.59 Å². The zero-order valence-electron chi connectivity index (χ0n) is 11.9. The van der Waals surface area contributed by atoms with Crippen LogP contribution in [0.2, 0.25) is 0 Å². The first-order chi connectivity index (χ1) is 9.11. The van der Waals surface area contributed by atoms with E-state index in [-0.39, 0.29) is 23.8 Å². The Morgan fingerprint density at radius 3 is 2.79 bits per heavy atom. The zero-order valence-corrected chi connectivity index (χ0v) is 12.8. The standard InChI is InChI=1S/C14H25NO3S/c1-3-4-5-9-18-14(17)12-7-6-8-15(12)13(16)11(2)10-19/h11-12,19H,3-10H2,1-2H3/t11-,12+/m1/s1. The van der Waals surface area contributed by atoms with Crippen molar-refractivity contribution in [1.82, 2.24) is 4.90 Å². The smallest absolute Gasteiger partial charge is 0.328 e. The summed E-state index contributed by atoms with van der Waals surface area (Å²) in [6.45, 7) is 5.08. The third-order valence-corrected chi connectivity index (χ3v) is 4.04. The highest BCUT2D eigenvalue weighted by atomic mass is 32.1. The van der Waals surface area contributed by atoms with Gasteiger partial charge in [-0.25, -0.2) is 4.79 Å². The summed E-state index contributed by atoms with van der Waals surface area (Å²) in [5.74, 6) is 0.140. The molecule has 0 saturated carbocycles. The summed E-state index contributed by atoms with van der Waals surface area (Å²) in [5, 5.41) is 0. The first-order valence-electron chi connectivity index (χ1n) is 7.19. The van der Waals surface area contributed by atoms with Crippen LogP contribution in [0, 0.1) is 5.92 Å². The molecule has 0 radical (unpaired) electrons. The van der Waals surface area contributed by atoms with Crippen molar-refractivity contribution in [3.63, 3.8) is 0 Å². The quantitative estimate of drug-likeness (QED) is 0.444. The fourth-order valence-corrected chi connectivity index (χ4v) is 2.41. The molecule has 1 aliphatic heterocycles. The maximum absolute atomic E-state index is 12.1. The number of carbonyl (C=O) groups is 2. The molecule has 1 heterocycles. The van der Waals surface area contributed by atoms with Crippen LogP contribution >= 0.6 is 12.6 Å².